The summed E-state index contributed by atoms with van der Waals surface area (Å²) >= 11 is 13.4. The number of hydrogen-bond donors (Lipinski definition) is 0. The van der Waals surface area contributed by atoms with Crippen LogP contribution in [0.25, 0.3) is 0 Å². The molecule has 0 aliphatic carbocycles. The molecular weight excluding hydrogens is 331 g/mol. The summed E-state index contributed by atoms with van der Waals surface area (Å²) in [6.07, 6.45) is 1.48. The van der Waals surface area contributed by atoms with Gasteiger partial charge in [-0.15, -0.1) is 11.8 Å². The fraction of sp³-hybridized carbons (Fsp3) is 0.286. The molecule has 7 heteroatoms. The van der Waals surface area contributed by atoms with Crippen molar-refractivity contribution in [2.45, 2.75) is 11.4 Å². The van der Waals surface area contributed by atoms with E-state index in [1.165, 1.54) is 18.0 Å². The third-order valence-corrected chi connectivity index (χ3v) is 4.24. The molecule has 0 saturated heterocycles. The smallest absolute Gasteiger partial charge is 0.192 e. The van der Waals surface area contributed by atoms with Gasteiger partial charge in [-0.1, -0.05) is 29.3 Å². The van der Waals surface area contributed by atoms with E-state index in [1.807, 2.05) is 18.2 Å². The molecule has 4 nitrogen and oxygen atoms in total. The van der Waals surface area contributed by atoms with Crippen molar-refractivity contribution in [3.63, 3.8) is 0 Å². The first kappa shape index (κ1) is 16.4. The average Bonchev–Trinajstić information content (AvgIpc) is 2.83. The number of rotatable bonds is 7. The summed E-state index contributed by atoms with van der Waals surface area (Å²) in [6, 6.07) is 7.38. The molecular formula is C14H14Cl2N2O2S. The highest BCUT2D eigenvalue weighted by Crippen LogP contribution is 2.24. The van der Waals surface area contributed by atoms with Gasteiger partial charge in [-0.3, -0.25) is 9.48 Å². The number of aromatic nitrogens is 2. The van der Waals surface area contributed by atoms with Crippen LogP contribution in [0.2, 0.25) is 10.0 Å². The number of ketones is 1. The number of Topliss-reactive ketones (excluding diaryl/α,β-unsaturated/α-hetero) is 1. The second kappa shape index (κ2) is 7.84. The Balaban J connectivity index is 2.04. The summed E-state index contributed by atoms with van der Waals surface area (Å²) < 4.78 is 6.57. The van der Waals surface area contributed by atoms with E-state index in [9.17, 15) is 4.79 Å². The van der Waals surface area contributed by atoms with E-state index < -0.39 is 0 Å². The third-order valence-electron chi connectivity index (χ3n) is 2.73. The van der Waals surface area contributed by atoms with Crippen molar-refractivity contribution in [1.82, 2.24) is 9.78 Å². The van der Waals surface area contributed by atoms with Crippen molar-refractivity contribution in [3.8, 4) is 0 Å². The Morgan fingerprint density at radius 1 is 1.43 bits per heavy atom. The van der Waals surface area contributed by atoms with Crippen LogP contribution in [0.5, 0.6) is 0 Å². The fourth-order valence-corrected chi connectivity index (χ4v) is 3.08. The minimum Gasteiger partial charge on any atom is -0.383 e. The monoisotopic (exact) mass is 344 g/mol. The number of benzene rings is 1. The number of thioether (sulfide) groups is 1. The molecule has 0 radical (unpaired) electrons. The number of methoxy groups -OCH3 is 1. The summed E-state index contributed by atoms with van der Waals surface area (Å²) in [6.45, 7) is 0.964. The molecule has 0 saturated carbocycles. The second-order valence-corrected chi connectivity index (χ2v) is 6.12. The maximum absolute atomic E-state index is 12.3. The lowest BCUT2D eigenvalue weighted by Gasteiger charge is -2.07. The Hall–Kier alpha value is -1.01. The summed E-state index contributed by atoms with van der Waals surface area (Å²) in [4.78, 5) is 13.3. The van der Waals surface area contributed by atoms with Crippen LogP contribution in [-0.4, -0.2) is 35.0 Å². The molecule has 0 N–H and O–H groups in total. The predicted octanol–water partition coefficient (Wildman–Crippen LogP) is 3.81. The minimum absolute atomic E-state index is 0.0708. The summed E-state index contributed by atoms with van der Waals surface area (Å²) in [7, 11) is 1.60. The van der Waals surface area contributed by atoms with E-state index >= 15 is 0 Å². The molecule has 0 unspecified atom stereocenters. The van der Waals surface area contributed by atoms with Crippen molar-refractivity contribution in [2.24, 2.45) is 0 Å². The molecule has 1 heterocycles. The van der Waals surface area contributed by atoms with Crippen LogP contribution in [0.1, 0.15) is 10.5 Å². The van der Waals surface area contributed by atoms with E-state index in [1.54, 1.807) is 17.9 Å². The number of carbonyl (C=O) groups excluding carboxylic acids is 1. The molecule has 112 valence electrons. The Morgan fingerprint density at radius 2 is 2.24 bits per heavy atom. The minimum atomic E-state index is -0.0708. The summed E-state index contributed by atoms with van der Waals surface area (Å²) in [5, 5.41) is 5.11. The van der Waals surface area contributed by atoms with Gasteiger partial charge in [0.05, 0.1) is 30.1 Å². The van der Waals surface area contributed by atoms with Gasteiger partial charge in [0.2, 0.25) is 0 Å². The van der Waals surface area contributed by atoms with Crippen LogP contribution in [0.3, 0.4) is 0 Å². The molecule has 0 bridgehead atoms. The van der Waals surface area contributed by atoms with Crippen molar-refractivity contribution in [2.75, 3.05) is 19.5 Å². The van der Waals surface area contributed by atoms with Gasteiger partial charge >= 0.3 is 0 Å². The summed E-state index contributed by atoms with van der Waals surface area (Å²) in [5.74, 6) is 0.206. The number of halogens is 2. The molecule has 21 heavy (non-hydrogen) atoms. The van der Waals surface area contributed by atoms with E-state index in [0.29, 0.717) is 28.9 Å². The molecule has 1 aromatic heterocycles. The van der Waals surface area contributed by atoms with Gasteiger partial charge in [0.15, 0.2) is 5.78 Å². The van der Waals surface area contributed by atoms with Crippen LogP contribution < -0.4 is 0 Å². The van der Waals surface area contributed by atoms with Gasteiger partial charge in [-0.05, 0) is 18.2 Å². The van der Waals surface area contributed by atoms with Crippen LogP contribution in [0.4, 0.5) is 0 Å². The molecule has 0 aliphatic heterocycles. The molecule has 0 atom stereocenters. The summed E-state index contributed by atoms with van der Waals surface area (Å²) in [5.41, 5.74) is 0.420. The van der Waals surface area contributed by atoms with Crippen molar-refractivity contribution in [3.05, 3.63) is 46.2 Å². The zero-order valence-electron chi connectivity index (χ0n) is 11.4. The first-order valence-electron chi connectivity index (χ1n) is 6.23. The van der Waals surface area contributed by atoms with Gasteiger partial charge in [-0.25, -0.2) is 0 Å². The molecule has 2 rings (SSSR count). The highest BCUT2D eigenvalue weighted by Gasteiger charge is 2.17. The highest BCUT2D eigenvalue weighted by atomic mass is 35.5. The maximum Gasteiger partial charge on any atom is 0.192 e. The quantitative estimate of drug-likeness (QED) is 0.565. The van der Waals surface area contributed by atoms with E-state index in [-0.39, 0.29) is 11.5 Å². The molecule has 0 aliphatic rings. The topological polar surface area (TPSA) is 44.1 Å². The number of ether oxygens (including phenoxy) is 1. The van der Waals surface area contributed by atoms with Crippen molar-refractivity contribution < 1.29 is 9.53 Å². The Morgan fingerprint density at radius 3 is 2.95 bits per heavy atom. The largest absolute Gasteiger partial charge is 0.383 e. The molecule has 2 aromatic rings. The van der Waals surface area contributed by atoms with Crippen molar-refractivity contribution >= 4 is 40.7 Å². The second-order valence-electron chi connectivity index (χ2n) is 4.23. The zero-order valence-corrected chi connectivity index (χ0v) is 13.7. The lowest BCUT2D eigenvalue weighted by molar-refractivity contribution is 0.100. The van der Waals surface area contributed by atoms with Crippen LogP contribution >= 0.6 is 35.0 Å². The molecule has 0 fully saturated rings. The first-order valence-corrected chi connectivity index (χ1v) is 7.97. The Kier molecular flexibility index (Phi) is 6.11. The van der Waals surface area contributed by atoms with Gasteiger partial charge < -0.3 is 4.74 Å². The Labute approximate surface area is 137 Å². The lowest BCUT2D eigenvalue weighted by atomic mass is 10.3. The standard InChI is InChI=1S/C14H14Cl2N2O2S/c1-20-6-5-18-14(12(16)8-17-18)13(19)9-21-11-4-2-3-10(15)7-11/h2-4,7-8H,5-6,9H2,1H3. The van der Waals surface area contributed by atoms with Crippen LogP contribution in [0.15, 0.2) is 35.4 Å². The SMILES string of the molecule is COCCn1ncc(Cl)c1C(=O)CSc1cccc(Cl)c1. The number of nitrogens with zero attached hydrogens (tertiary/aromatic N) is 2. The van der Waals surface area contributed by atoms with E-state index in [0.717, 1.165) is 4.90 Å². The zero-order chi connectivity index (χ0) is 15.2. The molecule has 1 aromatic carbocycles. The fourth-order valence-electron chi connectivity index (χ4n) is 1.76. The Bertz CT molecular complexity index is 631. The number of hydrogen-bond acceptors (Lipinski definition) is 4. The van der Waals surface area contributed by atoms with Gasteiger partial charge in [0, 0.05) is 17.0 Å². The van der Waals surface area contributed by atoms with Gasteiger partial charge in [0.1, 0.15) is 5.69 Å². The first-order chi connectivity index (χ1) is 10.1. The third kappa shape index (κ3) is 4.48. The number of carbonyl (C=O) groups is 1. The average molecular weight is 345 g/mol. The van der Waals surface area contributed by atoms with Crippen molar-refractivity contribution in [1.29, 1.82) is 0 Å². The van der Waals surface area contributed by atoms with Crippen LogP contribution in [-0.2, 0) is 11.3 Å². The van der Waals surface area contributed by atoms with E-state index in [2.05, 4.69) is 5.10 Å². The van der Waals surface area contributed by atoms with Gasteiger partial charge in [0.25, 0.3) is 0 Å². The van der Waals surface area contributed by atoms with E-state index in [4.69, 9.17) is 27.9 Å². The van der Waals surface area contributed by atoms with Gasteiger partial charge in [-0.2, -0.15) is 5.10 Å². The molecule has 0 amide bonds. The highest BCUT2D eigenvalue weighted by molar-refractivity contribution is 8.00. The molecule has 0 spiro atoms. The maximum atomic E-state index is 12.3. The van der Waals surface area contributed by atoms with Crippen LogP contribution in [0, 0.1) is 0 Å². The lowest BCUT2D eigenvalue weighted by Crippen LogP contribution is -2.15. The normalized spacial score (nSPS) is 10.8. The predicted molar refractivity (Wildman–Crippen MR) is 85.6 cm³/mol.